The Morgan fingerprint density at radius 3 is 3.15 bits per heavy atom. The number of aliphatic hydroxyl groups is 1. The second kappa shape index (κ2) is 3.85. The van der Waals surface area contributed by atoms with Crippen molar-refractivity contribution in [3.8, 4) is 0 Å². The molecule has 5 heteroatoms. The van der Waals surface area contributed by atoms with Crippen LogP contribution in [0.25, 0.3) is 11.0 Å². The molecule has 0 aliphatic heterocycles. The molecule has 68 valence electrons. The Morgan fingerprint density at radius 2 is 2.46 bits per heavy atom. The average molecular weight is 306 g/mol. The highest BCUT2D eigenvalue weighted by Crippen LogP contribution is 2.26. The van der Waals surface area contributed by atoms with E-state index in [4.69, 9.17) is 5.11 Å². The molecule has 0 atom stereocenters. The normalized spacial score (nSPS) is 10.9. The van der Waals surface area contributed by atoms with E-state index in [9.17, 15) is 0 Å². The number of aliphatic hydroxyl groups excluding tert-OH is 1. The van der Waals surface area contributed by atoms with Gasteiger partial charge in [0.05, 0.1) is 6.61 Å². The molecule has 0 saturated heterocycles. The number of rotatable bonds is 2. The lowest BCUT2D eigenvalue weighted by Gasteiger charge is -1.94. The van der Waals surface area contributed by atoms with Crippen LogP contribution in [0, 0.1) is 0 Å². The summed E-state index contributed by atoms with van der Waals surface area (Å²) >= 11 is 2.19. The Labute approximate surface area is 91.9 Å². The van der Waals surface area contributed by atoms with Gasteiger partial charge in [-0.05, 0) is 12.1 Å². The van der Waals surface area contributed by atoms with Crippen molar-refractivity contribution < 1.29 is 5.11 Å². The van der Waals surface area contributed by atoms with Gasteiger partial charge in [0, 0.05) is 53.7 Å². The van der Waals surface area contributed by atoms with Crippen LogP contribution in [-0.2, 0) is 6.61 Å². The van der Waals surface area contributed by atoms with E-state index in [0.29, 0.717) is 0 Å². The lowest BCUT2D eigenvalue weighted by atomic mass is 10.2. The van der Waals surface area contributed by atoms with Crippen LogP contribution in [0.15, 0.2) is 24.5 Å². The molecule has 0 amide bonds. The largest absolute Gasteiger partial charge is 0.392 e. The summed E-state index contributed by atoms with van der Waals surface area (Å²) < 4.78 is 1.95. The summed E-state index contributed by atoms with van der Waals surface area (Å²) in [6.45, 7) is 0.0619. The van der Waals surface area contributed by atoms with Crippen molar-refractivity contribution >= 4 is 41.4 Å². The van der Waals surface area contributed by atoms with Crippen molar-refractivity contribution in [2.45, 2.75) is 6.61 Å². The zero-order chi connectivity index (χ0) is 9.26. The topological polar surface area (TPSA) is 38.0 Å². The molecule has 0 saturated carbocycles. The maximum atomic E-state index is 9.09. The Bertz CT molecular complexity index is 391. The Kier molecular flexibility index (Phi) is 2.75. The number of hydrogen-bond acceptors (Lipinski definition) is 3. The summed E-state index contributed by atoms with van der Waals surface area (Å²) in [7, 11) is 1.55. The SMILES string of the molecule is OCc1cn(SI)c2ncccc12. The van der Waals surface area contributed by atoms with Gasteiger partial charge in [0.15, 0.2) is 5.65 Å². The van der Waals surface area contributed by atoms with Crippen molar-refractivity contribution in [3.63, 3.8) is 0 Å². The average Bonchev–Trinajstić information content (AvgIpc) is 2.56. The van der Waals surface area contributed by atoms with E-state index in [1.54, 1.807) is 15.3 Å². The third-order valence-electron chi connectivity index (χ3n) is 1.86. The number of aromatic nitrogens is 2. The first-order valence-corrected chi connectivity index (χ1v) is 7.03. The molecule has 3 nitrogen and oxygen atoms in total. The molecule has 0 radical (unpaired) electrons. The van der Waals surface area contributed by atoms with Crippen molar-refractivity contribution in [2.24, 2.45) is 0 Å². The molecular formula is C8H7IN2OS. The number of halogens is 1. The van der Waals surface area contributed by atoms with Gasteiger partial charge in [0.2, 0.25) is 0 Å². The van der Waals surface area contributed by atoms with Crippen LogP contribution in [0.5, 0.6) is 0 Å². The van der Waals surface area contributed by atoms with E-state index in [0.717, 1.165) is 16.6 Å². The summed E-state index contributed by atoms with van der Waals surface area (Å²) in [5.41, 5.74) is 1.83. The van der Waals surface area contributed by atoms with Crippen LogP contribution in [0.3, 0.4) is 0 Å². The summed E-state index contributed by atoms with van der Waals surface area (Å²) in [4.78, 5) is 4.25. The Hall–Kier alpha value is -0.270. The predicted octanol–water partition coefficient (Wildman–Crippen LogP) is 2.37. The second-order valence-electron chi connectivity index (χ2n) is 2.58. The zero-order valence-corrected chi connectivity index (χ0v) is 9.62. The third kappa shape index (κ3) is 1.55. The van der Waals surface area contributed by atoms with Crippen LogP contribution < -0.4 is 0 Å². The van der Waals surface area contributed by atoms with E-state index in [2.05, 4.69) is 26.2 Å². The smallest absolute Gasteiger partial charge is 0.150 e. The molecule has 0 aliphatic carbocycles. The lowest BCUT2D eigenvalue weighted by molar-refractivity contribution is 0.283. The minimum absolute atomic E-state index is 0.0619. The van der Waals surface area contributed by atoms with Crippen molar-refractivity contribution in [1.82, 2.24) is 8.96 Å². The first kappa shape index (κ1) is 9.29. The van der Waals surface area contributed by atoms with Crippen LogP contribution in [0.2, 0.25) is 0 Å². The third-order valence-corrected chi connectivity index (χ3v) is 3.56. The molecule has 0 spiro atoms. The molecule has 0 fully saturated rings. The molecule has 2 aromatic rings. The highest BCUT2D eigenvalue weighted by Gasteiger charge is 2.07. The maximum absolute atomic E-state index is 9.09. The molecule has 0 unspecified atom stereocenters. The van der Waals surface area contributed by atoms with Gasteiger partial charge in [-0.25, -0.2) is 4.98 Å². The van der Waals surface area contributed by atoms with Gasteiger partial charge >= 0.3 is 0 Å². The zero-order valence-electron chi connectivity index (χ0n) is 6.64. The fourth-order valence-electron chi connectivity index (χ4n) is 1.27. The fraction of sp³-hybridized carbons (Fsp3) is 0.125. The molecule has 1 N–H and O–H groups in total. The quantitative estimate of drug-likeness (QED) is 0.866. The minimum atomic E-state index is 0.0619. The van der Waals surface area contributed by atoms with Gasteiger partial charge in [-0.3, -0.25) is 3.97 Å². The molecule has 2 aromatic heterocycles. The minimum Gasteiger partial charge on any atom is -0.392 e. The van der Waals surface area contributed by atoms with Crippen molar-refractivity contribution in [3.05, 3.63) is 30.1 Å². The molecule has 0 aliphatic rings. The summed E-state index contributed by atoms with van der Waals surface area (Å²) in [6, 6.07) is 3.85. The number of fused-ring (bicyclic) bond motifs is 1. The molecule has 13 heavy (non-hydrogen) atoms. The molecule has 2 heterocycles. The van der Waals surface area contributed by atoms with Gasteiger partial charge in [0.25, 0.3) is 0 Å². The van der Waals surface area contributed by atoms with Gasteiger partial charge < -0.3 is 5.11 Å². The Balaban J connectivity index is 2.74. The first-order valence-electron chi connectivity index (χ1n) is 3.71. The number of nitrogens with zero attached hydrogens (tertiary/aromatic N) is 2. The fourth-order valence-corrected chi connectivity index (χ4v) is 2.55. The van der Waals surface area contributed by atoms with E-state index in [1.165, 1.54) is 0 Å². The van der Waals surface area contributed by atoms with Crippen LogP contribution >= 0.6 is 30.3 Å². The summed E-state index contributed by atoms with van der Waals surface area (Å²) in [5, 5.41) is 10.1. The number of hydrogen-bond donors (Lipinski definition) is 1. The van der Waals surface area contributed by atoms with Gasteiger partial charge in [-0.2, -0.15) is 0 Å². The van der Waals surface area contributed by atoms with Crippen LogP contribution in [0.1, 0.15) is 5.56 Å². The Morgan fingerprint density at radius 1 is 1.62 bits per heavy atom. The van der Waals surface area contributed by atoms with E-state index >= 15 is 0 Å². The van der Waals surface area contributed by atoms with E-state index in [1.807, 2.05) is 22.3 Å². The first-order chi connectivity index (χ1) is 6.36. The predicted molar refractivity (Wildman–Crippen MR) is 62.7 cm³/mol. The van der Waals surface area contributed by atoms with Gasteiger partial charge in [0.1, 0.15) is 0 Å². The monoisotopic (exact) mass is 306 g/mol. The molecular weight excluding hydrogens is 299 g/mol. The second-order valence-corrected chi connectivity index (χ2v) is 4.29. The van der Waals surface area contributed by atoms with Crippen molar-refractivity contribution in [1.29, 1.82) is 0 Å². The molecule has 2 rings (SSSR count). The molecule has 0 aromatic carbocycles. The number of pyridine rings is 1. The lowest BCUT2D eigenvalue weighted by Crippen LogP contribution is -1.81. The molecule has 0 bridgehead atoms. The van der Waals surface area contributed by atoms with E-state index in [-0.39, 0.29) is 6.61 Å². The maximum Gasteiger partial charge on any atom is 0.150 e. The van der Waals surface area contributed by atoms with Crippen LogP contribution in [-0.4, -0.2) is 14.1 Å². The van der Waals surface area contributed by atoms with Crippen LogP contribution in [0.4, 0.5) is 0 Å². The highest BCUT2D eigenvalue weighted by molar-refractivity contribution is 14.2. The van der Waals surface area contributed by atoms with Crippen molar-refractivity contribution in [2.75, 3.05) is 0 Å². The van der Waals surface area contributed by atoms with Gasteiger partial charge in [-0.1, -0.05) is 0 Å². The highest BCUT2D eigenvalue weighted by atomic mass is 127. The summed E-state index contributed by atoms with van der Waals surface area (Å²) in [5.74, 6) is 0. The van der Waals surface area contributed by atoms with Gasteiger partial charge in [-0.15, -0.1) is 0 Å². The standard InChI is InChI=1S/C8H7IN2OS/c9-13-11-4-6(5-12)7-2-1-3-10-8(7)11/h1-4,12H,5H2. The van der Waals surface area contributed by atoms with E-state index < -0.39 is 0 Å². The summed E-state index contributed by atoms with van der Waals surface area (Å²) in [6.07, 6.45) is 3.67.